The lowest BCUT2D eigenvalue weighted by atomic mass is 9.93. The van der Waals surface area contributed by atoms with Gasteiger partial charge in [-0.05, 0) is 56.1 Å². The molecule has 0 saturated carbocycles. The van der Waals surface area contributed by atoms with Gasteiger partial charge in [0.1, 0.15) is 11.5 Å². The summed E-state index contributed by atoms with van der Waals surface area (Å²) < 4.78 is 8.10. The van der Waals surface area contributed by atoms with Crippen LogP contribution in [0.2, 0.25) is 0 Å². The quantitative estimate of drug-likeness (QED) is 0.420. The molecule has 0 bridgehead atoms. The highest BCUT2D eigenvalue weighted by Crippen LogP contribution is 2.48. The van der Waals surface area contributed by atoms with Crippen LogP contribution in [-0.4, -0.2) is 43.0 Å². The predicted molar refractivity (Wildman–Crippen MR) is 134 cm³/mol. The van der Waals surface area contributed by atoms with Crippen LogP contribution in [0.15, 0.2) is 24.3 Å². The minimum atomic E-state index is -0.409. The summed E-state index contributed by atoms with van der Waals surface area (Å²) in [6.45, 7) is 15.9. The van der Waals surface area contributed by atoms with E-state index in [1.165, 1.54) is 16.9 Å². The molecule has 7 heteroatoms. The second-order valence-electron chi connectivity index (χ2n) is 10.3. The Hall–Kier alpha value is -1.96. The average molecular weight is 471 g/mol. The monoisotopic (exact) mass is 470 g/mol. The number of rotatable bonds is 8. The fraction of sp³-hybridized carbons (Fsp3) is 0.615. The first kappa shape index (κ1) is 24.2. The van der Waals surface area contributed by atoms with Gasteiger partial charge in [-0.3, -0.25) is 4.90 Å². The van der Waals surface area contributed by atoms with Gasteiger partial charge in [-0.15, -0.1) is 5.10 Å². The number of benzene rings is 1. The summed E-state index contributed by atoms with van der Waals surface area (Å²) in [5, 5.41) is 15.7. The highest BCUT2D eigenvalue weighted by atomic mass is 32.1. The molecule has 1 aromatic carbocycles. The van der Waals surface area contributed by atoms with Crippen LogP contribution in [0.25, 0.3) is 4.96 Å². The van der Waals surface area contributed by atoms with Crippen LogP contribution < -0.4 is 0 Å². The van der Waals surface area contributed by atoms with Crippen LogP contribution in [0.3, 0.4) is 0 Å². The zero-order valence-electron chi connectivity index (χ0n) is 21.0. The molecule has 2 aromatic heterocycles. The van der Waals surface area contributed by atoms with Crippen LogP contribution in [0, 0.1) is 12.8 Å². The number of hydrogen-bond donors (Lipinski definition) is 1. The zero-order chi connectivity index (χ0) is 23.9. The smallest absolute Gasteiger partial charge is 0.230 e. The maximum absolute atomic E-state index is 11.3. The van der Waals surface area contributed by atoms with Crippen molar-refractivity contribution in [3.63, 3.8) is 0 Å². The maximum Gasteiger partial charge on any atom is 0.230 e. The molecule has 4 rings (SSSR count). The standard InChI is InChI=1S/C26H38N4O2S/c1-8-21-15-32-26(7,14-13-16(2)3)29(21)22(20-11-9-19(10-12-20)17(4)5)23-24(31)30-25(33-23)27-18(6)28-30/h9-12,16-17,21-22,31H,8,13-15H2,1-7H3. The van der Waals surface area contributed by atoms with Crippen LogP contribution in [0.1, 0.15) is 94.6 Å². The van der Waals surface area contributed by atoms with Gasteiger partial charge in [0, 0.05) is 6.04 Å². The minimum Gasteiger partial charge on any atom is -0.492 e. The molecule has 3 unspecified atom stereocenters. The van der Waals surface area contributed by atoms with Crippen LogP contribution in [0.5, 0.6) is 5.88 Å². The fourth-order valence-corrected chi connectivity index (χ4v) is 6.03. The van der Waals surface area contributed by atoms with Crippen molar-refractivity contribution in [1.82, 2.24) is 19.5 Å². The Morgan fingerprint density at radius 2 is 1.85 bits per heavy atom. The molecule has 0 spiro atoms. The van der Waals surface area contributed by atoms with Gasteiger partial charge in [-0.25, -0.2) is 4.98 Å². The zero-order valence-corrected chi connectivity index (χ0v) is 21.8. The first-order valence-electron chi connectivity index (χ1n) is 12.2. The van der Waals surface area contributed by atoms with Crippen molar-refractivity contribution in [3.05, 3.63) is 46.1 Å². The van der Waals surface area contributed by atoms with E-state index in [-0.39, 0.29) is 18.0 Å². The third kappa shape index (κ3) is 4.55. The summed E-state index contributed by atoms with van der Waals surface area (Å²) in [5.41, 5.74) is 2.07. The number of aromatic nitrogens is 3. The van der Waals surface area contributed by atoms with Crippen molar-refractivity contribution in [3.8, 4) is 5.88 Å². The van der Waals surface area contributed by atoms with Gasteiger partial charge in [-0.2, -0.15) is 4.52 Å². The van der Waals surface area contributed by atoms with Gasteiger partial charge in [0.25, 0.3) is 0 Å². The van der Waals surface area contributed by atoms with Crippen LogP contribution >= 0.6 is 11.3 Å². The highest BCUT2D eigenvalue weighted by molar-refractivity contribution is 7.17. The molecule has 180 valence electrons. The second-order valence-corrected chi connectivity index (χ2v) is 11.3. The molecule has 1 aliphatic heterocycles. The predicted octanol–water partition coefficient (Wildman–Crippen LogP) is 6.28. The van der Waals surface area contributed by atoms with Crippen LogP contribution in [-0.2, 0) is 4.74 Å². The van der Waals surface area contributed by atoms with E-state index >= 15 is 0 Å². The topological polar surface area (TPSA) is 62.9 Å². The fourth-order valence-electron chi connectivity index (χ4n) is 4.90. The minimum absolute atomic E-state index is 0.135. The maximum atomic E-state index is 11.3. The van der Waals surface area contributed by atoms with E-state index in [0.29, 0.717) is 24.3 Å². The van der Waals surface area contributed by atoms with Gasteiger partial charge >= 0.3 is 0 Å². The van der Waals surface area contributed by atoms with Crippen molar-refractivity contribution >= 4 is 16.3 Å². The number of thiazole rings is 1. The number of fused-ring (bicyclic) bond motifs is 1. The van der Waals surface area contributed by atoms with E-state index in [4.69, 9.17) is 4.74 Å². The first-order chi connectivity index (χ1) is 15.6. The Kier molecular flexibility index (Phi) is 6.85. The SMILES string of the molecule is CCC1COC(C)(CCC(C)C)N1C(c1ccc(C(C)C)cc1)c1sc2nc(C)nn2c1O. The van der Waals surface area contributed by atoms with Gasteiger partial charge in [-0.1, -0.05) is 70.2 Å². The molecule has 0 aliphatic carbocycles. The summed E-state index contributed by atoms with van der Waals surface area (Å²) in [5.74, 6) is 1.92. The summed E-state index contributed by atoms with van der Waals surface area (Å²) in [6, 6.07) is 9.00. The Morgan fingerprint density at radius 1 is 1.18 bits per heavy atom. The van der Waals surface area contributed by atoms with Crippen molar-refractivity contribution in [2.75, 3.05) is 6.61 Å². The Bertz CT molecular complexity index is 1090. The lowest BCUT2D eigenvalue weighted by Gasteiger charge is -2.42. The van der Waals surface area contributed by atoms with E-state index in [2.05, 4.69) is 80.8 Å². The number of ether oxygens (including phenoxy) is 1. The van der Waals surface area contributed by atoms with Crippen molar-refractivity contribution in [2.45, 2.75) is 91.5 Å². The Balaban J connectivity index is 1.86. The van der Waals surface area contributed by atoms with Gasteiger partial charge in [0.05, 0.1) is 17.5 Å². The summed E-state index contributed by atoms with van der Waals surface area (Å²) in [4.78, 5) is 8.64. The van der Waals surface area contributed by atoms with E-state index in [1.54, 1.807) is 4.52 Å². The van der Waals surface area contributed by atoms with E-state index in [1.807, 2.05) is 6.92 Å². The highest BCUT2D eigenvalue weighted by Gasteiger charge is 2.48. The molecule has 33 heavy (non-hydrogen) atoms. The summed E-state index contributed by atoms with van der Waals surface area (Å²) >= 11 is 1.52. The normalized spacial score (nSPS) is 22.8. The third-order valence-electron chi connectivity index (χ3n) is 6.93. The summed E-state index contributed by atoms with van der Waals surface area (Å²) in [7, 11) is 0. The molecule has 3 aromatic rings. The molecule has 0 amide bonds. The number of aryl methyl sites for hydroxylation is 1. The number of hydrogen-bond acceptors (Lipinski definition) is 6. The van der Waals surface area contributed by atoms with Gasteiger partial charge in [0.15, 0.2) is 0 Å². The molecule has 1 fully saturated rings. The third-order valence-corrected chi connectivity index (χ3v) is 8.01. The molecular weight excluding hydrogens is 432 g/mol. The number of aromatic hydroxyl groups is 1. The van der Waals surface area contributed by atoms with E-state index in [0.717, 1.165) is 34.7 Å². The average Bonchev–Trinajstić information content (AvgIpc) is 3.40. The lowest BCUT2D eigenvalue weighted by Crippen LogP contribution is -2.48. The molecule has 3 atom stereocenters. The molecule has 1 saturated heterocycles. The Labute approximate surface area is 201 Å². The van der Waals surface area contributed by atoms with E-state index < -0.39 is 5.72 Å². The Morgan fingerprint density at radius 3 is 2.42 bits per heavy atom. The van der Waals surface area contributed by atoms with Crippen LogP contribution in [0.4, 0.5) is 0 Å². The van der Waals surface area contributed by atoms with E-state index in [9.17, 15) is 5.11 Å². The molecule has 1 N–H and O–H groups in total. The number of nitrogens with zero attached hydrogens (tertiary/aromatic N) is 4. The van der Waals surface area contributed by atoms with Gasteiger partial charge < -0.3 is 9.84 Å². The lowest BCUT2D eigenvalue weighted by molar-refractivity contribution is -0.0915. The summed E-state index contributed by atoms with van der Waals surface area (Å²) in [6.07, 6.45) is 3.02. The van der Waals surface area contributed by atoms with Crippen molar-refractivity contribution in [1.29, 1.82) is 0 Å². The van der Waals surface area contributed by atoms with Crippen molar-refractivity contribution in [2.24, 2.45) is 5.92 Å². The largest absolute Gasteiger partial charge is 0.492 e. The molecule has 1 aliphatic rings. The molecule has 0 radical (unpaired) electrons. The molecule has 6 nitrogen and oxygen atoms in total. The molecular formula is C26H38N4O2S. The first-order valence-corrected chi connectivity index (χ1v) is 13.0. The second kappa shape index (κ2) is 9.35. The molecule has 3 heterocycles. The van der Waals surface area contributed by atoms with Crippen molar-refractivity contribution < 1.29 is 9.84 Å². The van der Waals surface area contributed by atoms with Gasteiger partial charge in [0.2, 0.25) is 10.8 Å².